The molecular formula is C18H24ClNO3. The number of ether oxygens (including phenoxy) is 1. The van der Waals surface area contributed by atoms with E-state index in [-0.39, 0.29) is 18.3 Å². The van der Waals surface area contributed by atoms with E-state index in [1.54, 1.807) is 17.0 Å². The van der Waals surface area contributed by atoms with Crippen molar-refractivity contribution < 1.29 is 14.3 Å². The Morgan fingerprint density at radius 3 is 2.61 bits per heavy atom. The Labute approximate surface area is 142 Å². The van der Waals surface area contributed by atoms with Gasteiger partial charge in [0, 0.05) is 11.6 Å². The van der Waals surface area contributed by atoms with Crippen LogP contribution in [0.3, 0.4) is 0 Å². The number of unbranched alkanes of at least 4 members (excludes halogenated alkanes) is 5. The van der Waals surface area contributed by atoms with Gasteiger partial charge in [0.1, 0.15) is 0 Å². The zero-order valence-electron chi connectivity index (χ0n) is 13.9. The van der Waals surface area contributed by atoms with E-state index in [9.17, 15) is 9.59 Å². The summed E-state index contributed by atoms with van der Waals surface area (Å²) in [5, 5.41) is 0.445. The smallest absolute Gasteiger partial charge is 0.265 e. The molecule has 0 N–H and O–H groups in total. The number of halogens is 1. The van der Waals surface area contributed by atoms with Crippen molar-refractivity contribution in [2.75, 3.05) is 18.1 Å². The van der Waals surface area contributed by atoms with Crippen molar-refractivity contribution in [3.05, 3.63) is 22.7 Å². The van der Waals surface area contributed by atoms with Gasteiger partial charge in [0.25, 0.3) is 5.91 Å². The van der Waals surface area contributed by atoms with Crippen molar-refractivity contribution in [1.82, 2.24) is 0 Å². The maximum Gasteiger partial charge on any atom is 0.265 e. The van der Waals surface area contributed by atoms with Crippen molar-refractivity contribution in [2.45, 2.75) is 52.4 Å². The maximum absolute atomic E-state index is 12.2. The molecule has 1 aliphatic rings. The molecule has 0 bridgehead atoms. The lowest BCUT2D eigenvalue weighted by atomic mass is 10.1. The molecule has 0 radical (unpaired) electrons. The second-order valence-corrected chi connectivity index (χ2v) is 6.40. The van der Waals surface area contributed by atoms with Gasteiger partial charge in [-0.3, -0.25) is 9.59 Å². The molecule has 1 aliphatic heterocycles. The van der Waals surface area contributed by atoms with Gasteiger partial charge in [-0.05, 0) is 25.5 Å². The van der Waals surface area contributed by atoms with Crippen LogP contribution in [0.25, 0.3) is 0 Å². The van der Waals surface area contributed by atoms with Gasteiger partial charge in [0.05, 0.1) is 11.3 Å². The second kappa shape index (κ2) is 8.34. The molecule has 0 aromatic heterocycles. The van der Waals surface area contributed by atoms with Gasteiger partial charge < -0.3 is 9.64 Å². The van der Waals surface area contributed by atoms with E-state index >= 15 is 0 Å². The van der Waals surface area contributed by atoms with E-state index < -0.39 is 0 Å². The molecule has 5 heteroatoms. The van der Waals surface area contributed by atoms with Crippen molar-refractivity contribution in [3.63, 3.8) is 0 Å². The first kappa shape index (κ1) is 17.8. The van der Waals surface area contributed by atoms with Crippen molar-refractivity contribution >= 4 is 29.0 Å². The molecule has 126 valence electrons. The monoisotopic (exact) mass is 337 g/mol. The largest absolute Gasteiger partial charge is 0.481 e. The van der Waals surface area contributed by atoms with E-state index in [4.69, 9.17) is 16.3 Å². The highest BCUT2D eigenvalue weighted by Crippen LogP contribution is 2.38. The molecule has 2 rings (SSSR count). The van der Waals surface area contributed by atoms with Crippen molar-refractivity contribution in [1.29, 1.82) is 0 Å². The number of amides is 1. The summed E-state index contributed by atoms with van der Waals surface area (Å²) in [5.41, 5.74) is 1.06. The minimum Gasteiger partial charge on any atom is -0.481 e. The summed E-state index contributed by atoms with van der Waals surface area (Å²) >= 11 is 6.11. The van der Waals surface area contributed by atoms with Gasteiger partial charge >= 0.3 is 0 Å². The summed E-state index contributed by atoms with van der Waals surface area (Å²) in [4.78, 5) is 25.7. The number of nitrogens with zero attached hydrogens (tertiary/aromatic N) is 1. The summed E-state index contributed by atoms with van der Waals surface area (Å²) < 4.78 is 5.50. The first-order chi connectivity index (χ1) is 11.0. The van der Waals surface area contributed by atoms with Crippen LogP contribution in [0.5, 0.6) is 5.75 Å². The first-order valence-electron chi connectivity index (χ1n) is 8.32. The van der Waals surface area contributed by atoms with Crippen LogP contribution in [0.4, 0.5) is 5.69 Å². The third kappa shape index (κ3) is 4.47. The Balaban J connectivity index is 2.10. The molecule has 0 saturated heterocycles. The highest BCUT2D eigenvalue weighted by molar-refractivity contribution is 6.31. The number of benzene rings is 1. The molecule has 23 heavy (non-hydrogen) atoms. The lowest BCUT2D eigenvalue weighted by molar-refractivity contribution is -0.121. The Morgan fingerprint density at radius 1 is 1.22 bits per heavy atom. The summed E-state index contributed by atoms with van der Waals surface area (Å²) in [5.74, 6) is 0.285. The summed E-state index contributed by atoms with van der Waals surface area (Å²) in [7, 11) is 0. The first-order valence-corrected chi connectivity index (χ1v) is 8.70. The van der Waals surface area contributed by atoms with Crippen LogP contribution in [-0.2, 0) is 4.79 Å². The third-order valence-corrected chi connectivity index (χ3v) is 4.30. The Hall–Kier alpha value is -1.55. The lowest BCUT2D eigenvalue weighted by Gasteiger charge is -2.30. The van der Waals surface area contributed by atoms with Gasteiger partial charge in [-0.15, -0.1) is 0 Å². The normalized spacial score (nSPS) is 13.7. The van der Waals surface area contributed by atoms with Crippen LogP contribution in [0.2, 0.25) is 5.02 Å². The Kier molecular flexibility index (Phi) is 6.46. The van der Waals surface area contributed by atoms with Gasteiger partial charge in [-0.1, -0.05) is 50.6 Å². The zero-order chi connectivity index (χ0) is 16.8. The number of Topliss-reactive ketones (excluding diaryl/α,β-unsaturated/α-hetero) is 1. The topological polar surface area (TPSA) is 46.6 Å². The molecule has 1 aromatic carbocycles. The molecule has 4 nitrogen and oxygen atoms in total. The van der Waals surface area contributed by atoms with E-state index in [1.807, 2.05) is 0 Å². The second-order valence-electron chi connectivity index (χ2n) is 5.96. The average Bonchev–Trinajstić information content (AvgIpc) is 2.51. The predicted molar refractivity (Wildman–Crippen MR) is 92.7 cm³/mol. The zero-order valence-corrected chi connectivity index (χ0v) is 14.6. The van der Waals surface area contributed by atoms with E-state index in [0.29, 0.717) is 28.6 Å². The number of hydrogen-bond donors (Lipinski definition) is 0. The number of fused-ring (bicyclic) bond motifs is 1. The van der Waals surface area contributed by atoms with Gasteiger partial charge in [0.15, 0.2) is 18.1 Å². The molecule has 0 spiro atoms. The highest BCUT2D eigenvalue weighted by Gasteiger charge is 2.28. The molecule has 1 amide bonds. The standard InChI is InChI=1S/C18H24ClNO3/c1-3-4-5-6-7-8-9-20-16-11-14(19)10-15(13(2)21)18(16)23-12-17(20)22/h10-11H,3-9,12H2,1-2H3. The van der Waals surface area contributed by atoms with E-state index in [1.165, 1.54) is 32.6 Å². The van der Waals surface area contributed by atoms with E-state index in [2.05, 4.69) is 6.92 Å². The lowest BCUT2D eigenvalue weighted by Crippen LogP contribution is -2.39. The van der Waals surface area contributed by atoms with Crippen molar-refractivity contribution in [3.8, 4) is 5.75 Å². The van der Waals surface area contributed by atoms with Crippen LogP contribution in [0, 0.1) is 0 Å². The highest BCUT2D eigenvalue weighted by atomic mass is 35.5. The number of carbonyl (C=O) groups excluding carboxylic acids is 2. The molecule has 0 fully saturated rings. The van der Waals surface area contributed by atoms with Crippen LogP contribution < -0.4 is 9.64 Å². The average molecular weight is 338 g/mol. The van der Waals surface area contributed by atoms with Gasteiger partial charge in [-0.25, -0.2) is 0 Å². The van der Waals surface area contributed by atoms with Gasteiger partial charge in [-0.2, -0.15) is 0 Å². The summed E-state index contributed by atoms with van der Waals surface area (Å²) in [6, 6.07) is 3.30. The van der Waals surface area contributed by atoms with Crippen LogP contribution >= 0.6 is 11.6 Å². The molecular weight excluding hydrogens is 314 g/mol. The number of carbonyl (C=O) groups is 2. The number of anilines is 1. The Bertz CT molecular complexity index is 586. The fraction of sp³-hybridized carbons (Fsp3) is 0.556. The number of hydrogen-bond acceptors (Lipinski definition) is 3. The predicted octanol–water partition coefficient (Wildman–Crippen LogP) is 4.63. The minimum atomic E-state index is -0.113. The number of rotatable bonds is 8. The minimum absolute atomic E-state index is 0.0231. The molecule has 1 aromatic rings. The quantitative estimate of drug-likeness (QED) is 0.513. The SMILES string of the molecule is CCCCCCCCN1C(=O)COc2c(C(C)=O)cc(Cl)cc21. The summed E-state index contributed by atoms with van der Waals surface area (Å²) in [6.45, 7) is 4.28. The van der Waals surface area contributed by atoms with Crippen LogP contribution in [0.15, 0.2) is 12.1 Å². The fourth-order valence-electron chi connectivity index (χ4n) is 2.83. The molecule has 0 aliphatic carbocycles. The fourth-order valence-corrected chi connectivity index (χ4v) is 3.05. The third-order valence-electron chi connectivity index (χ3n) is 4.08. The molecule has 0 unspecified atom stereocenters. The maximum atomic E-state index is 12.2. The molecule has 1 heterocycles. The summed E-state index contributed by atoms with van der Waals surface area (Å²) in [6.07, 6.45) is 6.95. The van der Waals surface area contributed by atoms with E-state index in [0.717, 1.165) is 12.8 Å². The molecule has 0 saturated carbocycles. The molecule has 0 atom stereocenters. The number of ketones is 1. The van der Waals surface area contributed by atoms with Crippen LogP contribution in [-0.4, -0.2) is 24.8 Å². The van der Waals surface area contributed by atoms with Gasteiger partial charge in [0.2, 0.25) is 0 Å². The Morgan fingerprint density at radius 2 is 1.91 bits per heavy atom. The van der Waals surface area contributed by atoms with Crippen molar-refractivity contribution in [2.24, 2.45) is 0 Å². The van der Waals surface area contributed by atoms with Crippen LogP contribution in [0.1, 0.15) is 62.7 Å².